The fourth-order valence-corrected chi connectivity index (χ4v) is 4.75. The number of nitrogens with zero attached hydrogens (tertiary/aromatic N) is 1. The highest BCUT2D eigenvalue weighted by Crippen LogP contribution is 2.38. The maximum atomic E-state index is 13.2. The number of anilines is 2. The second kappa shape index (κ2) is 10.7. The Morgan fingerprint density at radius 1 is 0.919 bits per heavy atom. The van der Waals surface area contributed by atoms with Gasteiger partial charge < -0.3 is 19.5 Å². The molecule has 0 fully saturated rings. The fraction of sp³-hybridized carbons (Fsp3) is 0.148. The third kappa shape index (κ3) is 5.19. The summed E-state index contributed by atoms with van der Waals surface area (Å²) >= 11 is 9.68. The summed E-state index contributed by atoms with van der Waals surface area (Å²) in [7, 11) is 2.90. The quantitative estimate of drug-likeness (QED) is 0.215. The Morgan fingerprint density at radius 3 is 2.16 bits per heavy atom. The number of benzene rings is 3. The largest absolute Gasteiger partial charge is 0.497 e. The molecule has 1 N–H and O–H groups in total. The molecule has 0 aliphatic carbocycles. The maximum Gasteiger partial charge on any atom is 0.343 e. The maximum absolute atomic E-state index is 13.2. The van der Waals surface area contributed by atoms with Crippen LogP contribution in [-0.4, -0.2) is 32.0 Å². The minimum absolute atomic E-state index is 0.104. The molecule has 4 rings (SSSR count). The molecule has 8 nitrogen and oxygen atoms in total. The molecule has 1 aliphatic rings. The predicted octanol–water partition coefficient (Wildman–Crippen LogP) is 5.74. The van der Waals surface area contributed by atoms with Gasteiger partial charge in [-0.25, -0.2) is 9.69 Å². The van der Waals surface area contributed by atoms with E-state index in [1.165, 1.54) is 20.3 Å². The third-order valence-electron chi connectivity index (χ3n) is 5.66. The van der Waals surface area contributed by atoms with Gasteiger partial charge in [0.05, 0.1) is 25.5 Å². The average Bonchev–Trinajstić information content (AvgIpc) is 3.08. The molecule has 0 aromatic heterocycles. The normalized spacial score (nSPS) is 13.2. The topological polar surface area (TPSA) is 94.2 Å². The zero-order valence-electron chi connectivity index (χ0n) is 20.3. The van der Waals surface area contributed by atoms with Crippen LogP contribution in [-0.2, 0) is 9.59 Å². The van der Waals surface area contributed by atoms with Crippen LogP contribution in [0.25, 0.3) is 0 Å². The first-order chi connectivity index (χ1) is 17.6. The number of amides is 2. The van der Waals surface area contributed by atoms with Crippen molar-refractivity contribution in [1.82, 2.24) is 0 Å². The van der Waals surface area contributed by atoms with E-state index in [0.29, 0.717) is 28.5 Å². The minimum atomic E-state index is -0.707. The molecule has 0 saturated heterocycles. The van der Waals surface area contributed by atoms with Crippen molar-refractivity contribution in [2.75, 3.05) is 24.4 Å². The van der Waals surface area contributed by atoms with Gasteiger partial charge in [-0.3, -0.25) is 9.59 Å². The third-order valence-corrected chi connectivity index (χ3v) is 6.47. The van der Waals surface area contributed by atoms with Crippen molar-refractivity contribution in [3.8, 4) is 17.2 Å². The summed E-state index contributed by atoms with van der Waals surface area (Å²) in [4.78, 5) is 39.7. The lowest BCUT2D eigenvalue weighted by Crippen LogP contribution is -2.32. The van der Waals surface area contributed by atoms with Crippen molar-refractivity contribution in [1.29, 1.82) is 0 Å². The lowest BCUT2D eigenvalue weighted by Gasteiger charge is -2.19. The summed E-state index contributed by atoms with van der Waals surface area (Å²) in [5.41, 5.74) is 2.49. The Bertz CT molecular complexity index is 1430. The Labute approximate surface area is 226 Å². The summed E-state index contributed by atoms with van der Waals surface area (Å²) in [5, 5.41) is 2.60. The van der Waals surface area contributed by atoms with E-state index in [-0.39, 0.29) is 16.4 Å². The van der Waals surface area contributed by atoms with Gasteiger partial charge in [-0.2, -0.15) is 0 Å². The summed E-state index contributed by atoms with van der Waals surface area (Å²) < 4.78 is 17.0. The van der Waals surface area contributed by atoms with Crippen LogP contribution >= 0.6 is 27.5 Å². The van der Waals surface area contributed by atoms with E-state index in [9.17, 15) is 14.4 Å². The number of carbonyl (C=O) groups excluding carboxylic acids is 3. The highest BCUT2D eigenvalue weighted by Gasteiger charge is 2.40. The molecule has 10 heteroatoms. The number of nitrogens with one attached hydrogen (secondary N) is 1. The monoisotopic (exact) mass is 584 g/mol. The molecule has 37 heavy (non-hydrogen) atoms. The molecule has 1 aliphatic heterocycles. The van der Waals surface area contributed by atoms with Crippen LogP contribution < -0.4 is 24.4 Å². The molecule has 190 valence electrons. The fourth-order valence-electron chi connectivity index (χ4n) is 3.85. The number of aryl methyl sites for hydroxylation is 2. The van der Waals surface area contributed by atoms with Crippen molar-refractivity contribution in [3.63, 3.8) is 0 Å². The average molecular weight is 586 g/mol. The van der Waals surface area contributed by atoms with E-state index in [2.05, 4.69) is 21.2 Å². The van der Waals surface area contributed by atoms with Crippen molar-refractivity contribution in [2.24, 2.45) is 0 Å². The first kappa shape index (κ1) is 26.2. The van der Waals surface area contributed by atoms with Crippen LogP contribution in [0.2, 0.25) is 0 Å². The molecule has 0 saturated carbocycles. The molecule has 1 heterocycles. The van der Waals surface area contributed by atoms with Gasteiger partial charge >= 0.3 is 5.97 Å². The lowest BCUT2D eigenvalue weighted by molar-refractivity contribution is -0.120. The summed E-state index contributed by atoms with van der Waals surface area (Å²) in [5.74, 6) is -0.666. The van der Waals surface area contributed by atoms with E-state index in [1.807, 2.05) is 26.0 Å². The first-order valence-corrected chi connectivity index (χ1v) is 12.2. The summed E-state index contributed by atoms with van der Waals surface area (Å²) in [6, 6.07) is 14.7. The Hall–Kier alpha value is -3.82. The number of carbonyl (C=O) groups is 3. The van der Waals surface area contributed by atoms with Crippen molar-refractivity contribution >= 4 is 56.7 Å². The molecule has 0 spiro atoms. The zero-order chi connectivity index (χ0) is 26.9. The molecule has 0 unspecified atom stereocenters. The minimum Gasteiger partial charge on any atom is -0.497 e. The Balaban J connectivity index is 1.53. The lowest BCUT2D eigenvalue weighted by atomic mass is 10.1. The van der Waals surface area contributed by atoms with Crippen LogP contribution in [0.5, 0.6) is 17.2 Å². The highest BCUT2D eigenvalue weighted by atomic mass is 79.9. The molecule has 3 aromatic carbocycles. The van der Waals surface area contributed by atoms with Crippen LogP contribution in [0.4, 0.5) is 11.4 Å². The number of rotatable bonds is 7. The van der Waals surface area contributed by atoms with Crippen LogP contribution in [0.1, 0.15) is 21.5 Å². The van der Waals surface area contributed by atoms with E-state index < -0.39 is 17.8 Å². The first-order valence-electron chi connectivity index (χ1n) is 11.0. The number of imide groups is 1. The van der Waals surface area contributed by atoms with Gasteiger partial charge in [0.2, 0.25) is 0 Å². The predicted molar refractivity (Wildman–Crippen MR) is 144 cm³/mol. The van der Waals surface area contributed by atoms with Gasteiger partial charge in [0.25, 0.3) is 11.8 Å². The van der Waals surface area contributed by atoms with Gasteiger partial charge in [-0.1, -0.05) is 27.5 Å². The molecule has 0 radical (unpaired) electrons. The van der Waals surface area contributed by atoms with Crippen molar-refractivity contribution < 1.29 is 28.6 Å². The Morgan fingerprint density at radius 2 is 1.57 bits per heavy atom. The molecule has 0 bridgehead atoms. The van der Waals surface area contributed by atoms with E-state index in [4.69, 9.17) is 25.8 Å². The van der Waals surface area contributed by atoms with Crippen molar-refractivity contribution in [3.05, 3.63) is 86.5 Å². The van der Waals surface area contributed by atoms with Gasteiger partial charge in [-0.05, 0) is 73.5 Å². The van der Waals surface area contributed by atoms with Crippen LogP contribution in [0.15, 0.2) is 69.8 Å². The number of halogens is 2. The van der Waals surface area contributed by atoms with Gasteiger partial charge in [-0.15, -0.1) is 0 Å². The second-order valence-corrected chi connectivity index (χ2v) is 9.43. The molecule has 0 atom stereocenters. The van der Waals surface area contributed by atoms with Gasteiger partial charge in [0.15, 0.2) is 0 Å². The number of hydrogen-bond donors (Lipinski definition) is 1. The Kier molecular flexibility index (Phi) is 7.56. The second-order valence-electron chi connectivity index (χ2n) is 8.13. The zero-order valence-corrected chi connectivity index (χ0v) is 22.7. The summed E-state index contributed by atoms with van der Waals surface area (Å²) in [6.07, 6.45) is 0. The van der Waals surface area contributed by atoms with Crippen LogP contribution in [0, 0.1) is 13.8 Å². The summed E-state index contributed by atoms with van der Waals surface area (Å²) in [6.45, 7) is 3.71. The number of methoxy groups -OCH3 is 2. The number of esters is 1. The molecular formula is C27H22BrClN2O6. The number of hydrogen-bond acceptors (Lipinski definition) is 7. The van der Waals surface area contributed by atoms with Crippen LogP contribution in [0.3, 0.4) is 0 Å². The standard InChI is InChI=1S/C27H22BrClN2O6/c1-14-11-17(28)12-15(2)24(14)37-27(34)16-5-7-18(8-6-16)30-23-22(29)25(32)31(26(23)33)20-13-19(35-3)9-10-21(20)36-4/h5-13,30H,1-4H3. The van der Waals surface area contributed by atoms with Gasteiger partial charge in [0, 0.05) is 16.2 Å². The van der Waals surface area contributed by atoms with E-state index >= 15 is 0 Å². The highest BCUT2D eigenvalue weighted by molar-refractivity contribution is 9.10. The van der Waals surface area contributed by atoms with Gasteiger partial charge in [0.1, 0.15) is 28.0 Å². The number of ether oxygens (including phenoxy) is 3. The smallest absolute Gasteiger partial charge is 0.343 e. The molecule has 2 amide bonds. The molecule has 3 aromatic rings. The molecular weight excluding hydrogens is 564 g/mol. The van der Waals surface area contributed by atoms with Crippen molar-refractivity contribution in [2.45, 2.75) is 13.8 Å². The van der Waals surface area contributed by atoms with E-state index in [1.54, 1.807) is 36.4 Å². The van der Waals surface area contributed by atoms with E-state index in [0.717, 1.165) is 20.5 Å². The SMILES string of the molecule is COc1ccc(OC)c(N2C(=O)C(Cl)=C(Nc3ccc(C(=O)Oc4c(C)cc(Br)cc4C)cc3)C2=O)c1.